The zero-order valence-electron chi connectivity index (χ0n) is 13.1. The van der Waals surface area contributed by atoms with Gasteiger partial charge in [0, 0.05) is 19.3 Å². The summed E-state index contributed by atoms with van der Waals surface area (Å²) in [6.45, 7) is 6.55. The monoisotopic (exact) mass is 314 g/mol. The minimum Gasteiger partial charge on any atom is -0.453 e. The van der Waals surface area contributed by atoms with Gasteiger partial charge in [0.15, 0.2) is 13.9 Å². The maximum absolute atomic E-state index is 11.7. The van der Waals surface area contributed by atoms with Gasteiger partial charge in [-0.1, -0.05) is 20.8 Å². The van der Waals surface area contributed by atoms with E-state index >= 15 is 0 Å². The van der Waals surface area contributed by atoms with Crippen LogP contribution in [0.5, 0.6) is 0 Å². The Hall–Kier alpha value is -0.433. The van der Waals surface area contributed by atoms with E-state index in [0.717, 1.165) is 18.1 Å². The van der Waals surface area contributed by atoms with Crippen molar-refractivity contribution in [3.63, 3.8) is 0 Å². The fourth-order valence-corrected chi connectivity index (χ4v) is 6.93. The Morgan fingerprint density at radius 2 is 2.00 bits per heavy atom. The molecule has 0 aromatic heterocycles. The molecule has 3 rings (SSSR count). The normalized spacial score (nSPS) is 42.0. The van der Waals surface area contributed by atoms with E-state index in [0.29, 0.717) is 19.3 Å². The molecule has 0 aromatic carbocycles. The van der Waals surface area contributed by atoms with Gasteiger partial charge < -0.3 is 19.0 Å². The summed E-state index contributed by atoms with van der Waals surface area (Å²) >= 11 is 0. The molecule has 1 N–H and O–H groups in total. The summed E-state index contributed by atoms with van der Waals surface area (Å²) in [5.74, 6) is -0.161. The molecule has 0 amide bonds. The summed E-state index contributed by atoms with van der Waals surface area (Å²) in [4.78, 5) is 11.7. The first kappa shape index (κ1) is 15.5. The van der Waals surface area contributed by atoms with E-state index in [1.165, 1.54) is 0 Å². The van der Waals surface area contributed by atoms with Crippen molar-refractivity contribution in [3.05, 3.63) is 0 Å². The molecular weight excluding hydrogens is 288 g/mol. The number of aliphatic hydroxyl groups excluding tert-OH is 1. The highest BCUT2D eigenvalue weighted by Gasteiger charge is 2.69. The lowest BCUT2D eigenvalue weighted by Gasteiger charge is -2.43. The van der Waals surface area contributed by atoms with E-state index in [1.54, 1.807) is 0 Å². The minimum atomic E-state index is -1.82. The van der Waals surface area contributed by atoms with Gasteiger partial charge in [0.2, 0.25) is 0 Å². The summed E-state index contributed by atoms with van der Waals surface area (Å²) in [7, 11) is -1.82. The first-order valence-corrected chi connectivity index (χ1v) is 10.8. The van der Waals surface area contributed by atoms with Gasteiger partial charge in [0.05, 0.1) is 12.2 Å². The predicted octanol–water partition coefficient (Wildman–Crippen LogP) is 1.98. The highest BCUT2D eigenvalue weighted by Crippen LogP contribution is 2.52. The highest BCUT2D eigenvalue weighted by atomic mass is 28.4. The Bertz CT molecular complexity index is 416. The van der Waals surface area contributed by atoms with E-state index in [2.05, 4.69) is 20.8 Å². The number of carbonyl (C=O) groups is 1. The van der Waals surface area contributed by atoms with E-state index in [4.69, 9.17) is 13.9 Å². The summed E-state index contributed by atoms with van der Waals surface area (Å²) in [6, 6.07) is 3.14. The molecule has 1 aliphatic carbocycles. The van der Waals surface area contributed by atoms with Crippen LogP contribution < -0.4 is 0 Å². The van der Waals surface area contributed by atoms with Crippen molar-refractivity contribution in [1.82, 2.24) is 0 Å². The number of aliphatic hydroxyl groups is 1. The third-order valence-corrected chi connectivity index (χ3v) is 10.4. The van der Waals surface area contributed by atoms with Crippen molar-refractivity contribution in [2.75, 3.05) is 0 Å². The van der Waals surface area contributed by atoms with Gasteiger partial charge >= 0.3 is 5.97 Å². The van der Waals surface area contributed by atoms with Crippen LogP contribution >= 0.6 is 0 Å². The third-order valence-electron chi connectivity index (χ3n) is 5.74. The molecule has 0 radical (unpaired) electrons. The van der Waals surface area contributed by atoms with Crippen molar-refractivity contribution in [3.8, 4) is 0 Å². The second-order valence-electron chi connectivity index (χ2n) is 6.60. The Morgan fingerprint density at radius 1 is 1.33 bits per heavy atom. The molecule has 120 valence electrons. The van der Waals surface area contributed by atoms with Crippen molar-refractivity contribution in [2.24, 2.45) is 0 Å². The zero-order chi connectivity index (χ0) is 15.3. The first-order chi connectivity index (χ1) is 10.00. The van der Waals surface area contributed by atoms with Gasteiger partial charge in [0.1, 0.15) is 12.2 Å². The van der Waals surface area contributed by atoms with Crippen LogP contribution in [0.1, 0.15) is 40.0 Å². The smallest absolute Gasteiger partial charge is 0.306 e. The van der Waals surface area contributed by atoms with Gasteiger partial charge in [0.25, 0.3) is 0 Å². The summed E-state index contributed by atoms with van der Waals surface area (Å²) < 4.78 is 17.9. The van der Waals surface area contributed by atoms with Crippen LogP contribution in [0.15, 0.2) is 0 Å². The number of carbonyl (C=O) groups excluding carboxylic acids is 1. The fourth-order valence-electron chi connectivity index (χ4n) is 4.03. The predicted molar refractivity (Wildman–Crippen MR) is 79.4 cm³/mol. The molecule has 2 aliphatic heterocycles. The van der Waals surface area contributed by atoms with Crippen LogP contribution in [-0.4, -0.2) is 49.4 Å². The molecule has 1 saturated carbocycles. The number of esters is 1. The Morgan fingerprint density at radius 3 is 2.52 bits per heavy atom. The molecule has 0 unspecified atom stereocenters. The summed E-state index contributed by atoms with van der Waals surface area (Å²) in [6.07, 6.45) is 0.555. The van der Waals surface area contributed by atoms with Gasteiger partial charge in [-0.25, -0.2) is 0 Å². The standard InChI is InChI=1S/C15H26O5Si/c1-4-21(5-2,6-3)20-11-9-10(16)13-14(18-13)15(11)8-7-12(17)19-15/h10-11,13-14,16H,4-9H2,1-3H3/t10-,11+,13+,14+,15-/m1/s1. The Kier molecular flexibility index (Phi) is 3.93. The van der Waals surface area contributed by atoms with Crippen molar-refractivity contribution < 1.29 is 23.8 Å². The van der Waals surface area contributed by atoms with E-state index < -0.39 is 20.0 Å². The molecule has 1 spiro atoms. The number of fused-ring (bicyclic) bond motifs is 2. The molecular formula is C15H26O5Si. The third kappa shape index (κ3) is 2.36. The van der Waals surface area contributed by atoms with Gasteiger partial charge in [-0.05, 0) is 18.1 Å². The minimum absolute atomic E-state index is 0.161. The van der Waals surface area contributed by atoms with Gasteiger partial charge in [-0.15, -0.1) is 0 Å². The van der Waals surface area contributed by atoms with Crippen LogP contribution in [-0.2, 0) is 18.7 Å². The average Bonchev–Trinajstić information content (AvgIpc) is 3.22. The zero-order valence-corrected chi connectivity index (χ0v) is 14.1. The molecule has 0 bridgehead atoms. The van der Waals surface area contributed by atoms with Crippen LogP contribution in [0.25, 0.3) is 0 Å². The molecule has 0 aromatic rings. The van der Waals surface area contributed by atoms with Crippen molar-refractivity contribution in [1.29, 1.82) is 0 Å². The molecule has 6 heteroatoms. The van der Waals surface area contributed by atoms with Crippen LogP contribution in [0.3, 0.4) is 0 Å². The van der Waals surface area contributed by atoms with Crippen LogP contribution in [0, 0.1) is 0 Å². The largest absolute Gasteiger partial charge is 0.453 e. The van der Waals surface area contributed by atoms with E-state index in [-0.39, 0.29) is 24.3 Å². The maximum atomic E-state index is 11.7. The molecule has 21 heavy (non-hydrogen) atoms. The van der Waals surface area contributed by atoms with Crippen molar-refractivity contribution >= 4 is 14.3 Å². The number of rotatable bonds is 5. The number of epoxide rings is 1. The molecule has 5 nitrogen and oxygen atoms in total. The average molecular weight is 314 g/mol. The van der Waals surface area contributed by atoms with Gasteiger partial charge in [-0.3, -0.25) is 4.79 Å². The Balaban J connectivity index is 1.85. The fraction of sp³-hybridized carbons (Fsp3) is 0.933. The Labute approximate surface area is 127 Å². The topological polar surface area (TPSA) is 68.3 Å². The lowest BCUT2D eigenvalue weighted by Crippen LogP contribution is -2.58. The summed E-state index contributed by atoms with van der Waals surface area (Å²) in [5.41, 5.74) is -0.640. The highest BCUT2D eigenvalue weighted by molar-refractivity contribution is 6.73. The lowest BCUT2D eigenvalue weighted by atomic mass is 9.79. The number of ether oxygens (including phenoxy) is 2. The number of hydrogen-bond donors (Lipinski definition) is 1. The first-order valence-electron chi connectivity index (χ1n) is 8.23. The second-order valence-corrected chi connectivity index (χ2v) is 11.3. The molecule has 5 atom stereocenters. The quantitative estimate of drug-likeness (QED) is 0.477. The molecule has 3 fully saturated rings. The second kappa shape index (κ2) is 5.33. The van der Waals surface area contributed by atoms with Crippen LogP contribution in [0.2, 0.25) is 18.1 Å². The van der Waals surface area contributed by atoms with Crippen LogP contribution in [0.4, 0.5) is 0 Å². The lowest BCUT2D eigenvalue weighted by molar-refractivity contribution is -0.164. The van der Waals surface area contributed by atoms with Gasteiger partial charge in [-0.2, -0.15) is 0 Å². The summed E-state index contributed by atoms with van der Waals surface area (Å²) in [5, 5.41) is 10.2. The van der Waals surface area contributed by atoms with E-state index in [9.17, 15) is 9.90 Å². The maximum Gasteiger partial charge on any atom is 0.306 e. The molecule has 2 heterocycles. The van der Waals surface area contributed by atoms with E-state index in [1.807, 2.05) is 0 Å². The number of hydrogen-bond acceptors (Lipinski definition) is 5. The molecule has 3 aliphatic rings. The van der Waals surface area contributed by atoms with Crippen molar-refractivity contribution in [2.45, 2.75) is 88.2 Å². The molecule has 2 saturated heterocycles. The SMILES string of the molecule is CC[Si](CC)(CC)O[C@H]1C[C@@H](O)[C@@H]2O[C@@H]2[C@@]12CCC(=O)O2.